The van der Waals surface area contributed by atoms with E-state index in [-0.39, 0.29) is 17.8 Å². The molecular weight excluding hydrogens is 458 g/mol. The van der Waals surface area contributed by atoms with E-state index in [9.17, 15) is 9.59 Å². The van der Waals surface area contributed by atoms with E-state index in [1.165, 1.54) is 6.26 Å². The minimum absolute atomic E-state index is 0.0773. The van der Waals surface area contributed by atoms with Gasteiger partial charge in [-0.15, -0.1) is 0 Å². The first-order valence-corrected chi connectivity index (χ1v) is 11.6. The number of hydrogen-bond donors (Lipinski definition) is 2. The Morgan fingerprint density at radius 1 is 1.15 bits per heavy atom. The third-order valence-corrected chi connectivity index (χ3v) is 5.86. The number of amides is 1. The van der Waals surface area contributed by atoms with Gasteiger partial charge in [-0.05, 0) is 48.7 Å². The molecule has 1 aliphatic heterocycles. The number of allylic oxidation sites excluding steroid dienone is 1. The van der Waals surface area contributed by atoms with Crippen molar-refractivity contribution >= 4 is 28.5 Å². The average Bonchev–Trinajstić information content (AvgIpc) is 2.86. The number of nitrogens with one attached hydrogen (secondary N) is 1. The lowest BCUT2D eigenvalue weighted by molar-refractivity contribution is -0.146. The van der Waals surface area contributed by atoms with Crippen molar-refractivity contribution in [3.8, 4) is 0 Å². The molecule has 0 spiro atoms. The lowest BCUT2D eigenvalue weighted by Crippen LogP contribution is -2.33. The summed E-state index contributed by atoms with van der Waals surface area (Å²) >= 11 is 5.92. The molecule has 4 rings (SSSR count). The number of halogens is 1. The molecule has 2 atom stereocenters. The van der Waals surface area contributed by atoms with E-state index in [0.717, 1.165) is 5.56 Å². The maximum Gasteiger partial charge on any atom is 0.286 e. The van der Waals surface area contributed by atoms with Gasteiger partial charge in [0.15, 0.2) is 11.2 Å². The van der Waals surface area contributed by atoms with Crippen molar-refractivity contribution in [3.05, 3.63) is 93.0 Å². The summed E-state index contributed by atoms with van der Waals surface area (Å²) in [6, 6.07) is 14.2. The second kappa shape index (κ2) is 11.3. The van der Waals surface area contributed by atoms with Crippen molar-refractivity contribution in [1.82, 2.24) is 5.32 Å². The van der Waals surface area contributed by atoms with Crippen LogP contribution in [0.4, 0.5) is 0 Å². The number of fused-ring (bicyclic) bond motifs is 1. The molecule has 0 bridgehead atoms. The summed E-state index contributed by atoms with van der Waals surface area (Å²) in [5.41, 5.74) is 1.68. The molecule has 2 N–H and O–H groups in total. The molecule has 2 heterocycles. The van der Waals surface area contributed by atoms with Crippen LogP contribution < -0.4 is 10.7 Å². The molecule has 3 aromatic rings. The molecule has 8 heteroatoms. The second-order valence-corrected chi connectivity index (χ2v) is 8.48. The summed E-state index contributed by atoms with van der Waals surface area (Å²) in [5.74, 6) is -0.743. The zero-order valence-electron chi connectivity index (χ0n) is 18.5. The third kappa shape index (κ3) is 5.86. The Balaban J connectivity index is 1.55. The van der Waals surface area contributed by atoms with Crippen LogP contribution in [0.15, 0.2) is 75.8 Å². The fraction of sp³-hybridized carbons (Fsp3) is 0.308. The molecule has 7 nitrogen and oxygen atoms in total. The van der Waals surface area contributed by atoms with Crippen molar-refractivity contribution in [2.45, 2.75) is 38.0 Å². The normalized spacial score (nSPS) is 17.8. The Morgan fingerprint density at radius 2 is 1.94 bits per heavy atom. The molecule has 1 aliphatic rings. The molecule has 0 fully saturated rings. The highest BCUT2D eigenvalue weighted by Crippen LogP contribution is 2.31. The van der Waals surface area contributed by atoms with Gasteiger partial charge in [0.05, 0.1) is 18.3 Å². The summed E-state index contributed by atoms with van der Waals surface area (Å²) in [5, 5.41) is 12.9. The number of ether oxygens (including phenoxy) is 2. The molecule has 0 saturated carbocycles. The first-order chi connectivity index (χ1) is 16.5. The van der Waals surface area contributed by atoms with Crippen molar-refractivity contribution in [3.63, 3.8) is 0 Å². The van der Waals surface area contributed by atoms with E-state index in [1.807, 2.05) is 12.1 Å². The van der Waals surface area contributed by atoms with Gasteiger partial charge in [0.25, 0.3) is 5.91 Å². The van der Waals surface area contributed by atoms with Crippen LogP contribution in [0.25, 0.3) is 11.0 Å². The van der Waals surface area contributed by atoms with E-state index in [4.69, 9.17) is 30.6 Å². The van der Waals surface area contributed by atoms with Crippen LogP contribution in [0.2, 0.25) is 5.02 Å². The zero-order chi connectivity index (χ0) is 23.9. The Kier molecular flexibility index (Phi) is 8.00. The topological polar surface area (TPSA) is 98.0 Å². The molecular formula is C26H26ClNO6. The van der Waals surface area contributed by atoms with Crippen molar-refractivity contribution < 1.29 is 23.8 Å². The lowest BCUT2D eigenvalue weighted by Gasteiger charge is -2.29. The SMILES string of the molecule is O=C(NCc1ccc(Cl)cc1)C1=C[C@@H](c2coc3ccccc3c2=O)C[C@@H](OCCCCO)O1. The van der Waals surface area contributed by atoms with Crippen LogP contribution >= 0.6 is 11.6 Å². The van der Waals surface area contributed by atoms with Gasteiger partial charge in [-0.2, -0.15) is 0 Å². The van der Waals surface area contributed by atoms with Crippen LogP contribution in [0.5, 0.6) is 0 Å². The number of benzene rings is 2. The van der Waals surface area contributed by atoms with Gasteiger partial charge in [-0.25, -0.2) is 0 Å². The van der Waals surface area contributed by atoms with E-state index in [2.05, 4.69) is 5.32 Å². The largest absolute Gasteiger partial charge is 0.464 e. The number of para-hydroxylation sites is 1. The molecule has 178 valence electrons. The highest BCUT2D eigenvalue weighted by Gasteiger charge is 2.30. The van der Waals surface area contributed by atoms with E-state index in [1.54, 1.807) is 42.5 Å². The number of rotatable bonds is 9. The minimum Gasteiger partial charge on any atom is -0.464 e. The standard InChI is InChI=1S/C26H26ClNO6/c27-19-9-7-17(8-10-19)15-28-26(31)23-13-18(14-24(34-23)32-12-4-3-11-29)21-16-33-22-6-2-1-5-20(22)25(21)30/h1-2,5-10,13,16,18,24,29H,3-4,11-12,14-15H2,(H,28,31)/t18-,24+/m1/s1. The van der Waals surface area contributed by atoms with Crippen molar-refractivity contribution in [2.75, 3.05) is 13.2 Å². The van der Waals surface area contributed by atoms with Crippen LogP contribution in [0, 0.1) is 0 Å². The molecule has 1 amide bonds. The number of hydrogen-bond acceptors (Lipinski definition) is 6. The van der Waals surface area contributed by atoms with E-state index in [0.29, 0.717) is 54.0 Å². The number of unbranched alkanes of at least 4 members (excludes halogenated alkanes) is 1. The highest BCUT2D eigenvalue weighted by atomic mass is 35.5. The van der Waals surface area contributed by atoms with E-state index < -0.39 is 18.1 Å². The van der Waals surface area contributed by atoms with Gasteiger partial charge < -0.3 is 24.3 Å². The van der Waals surface area contributed by atoms with Gasteiger partial charge in [0, 0.05) is 36.1 Å². The fourth-order valence-electron chi connectivity index (χ4n) is 3.78. The summed E-state index contributed by atoms with van der Waals surface area (Å²) in [7, 11) is 0. The Morgan fingerprint density at radius 3 is 2.74 bits per heavy atom. The number of aliphatic hydroxyl groups is 1. The molecule has 1 aromatic heterocycles. The quantitative estimate of drug-likeness (QED) is 0.441. The van der Waals surface area contributed by atoms with Gasteiger partial charge in [-0.3, -0.25) is 9.59 Å². The maximum absolute atomic E-state index is 13.1. The summed E-state index contributed by atoms with van der Waals surface area (Å²) in [6.07, 6.45) is 4.00. The predicted molar refractivity (Wildman–Crippen MR) is 128 cm³/mol. The number of carbonyl (C=O) groups is 1. The second-order valence-electron chi connectivity index (χ2n) is 8.05. The van der Waals surface area contributed by atoms with Crippen molar-refractivity contribution in [2.24, 2.45) is 0 Å². The maximum atomic E-state index is 13.1. The van der Waals surface area contributed by atoms with Gasteiger partial charge in [0.2, 0.25) is 6.29 Å². The number of carbonyl (C=O) groups excluding carboxylic acids is 1. The zero-order valence-corrected chi connectivity index (χ0v) is 19.3. The lowest BCUT2D eigenvalue weighted by atomic mass is 9.93. The highest BCUT2D eigenvalue weighted by molar-refractivity contribution is 6.30. The molecule has 2 aromatic carbocycles. The molecule has 0 saturated heterocycles. The monoisotopic (exact) mass is 483 g/mol. The third-order valence-electron chi connectivity index (χ3n) is 5.61. The Labute approximate surface area is 201 Å². The van der Waals surface area contributed by atoms with Crippen LogP contribution in [0.1, 0.15) is 36.3 Å². The first kappa shape index (κ1) is 24.0. The fourth-order valence-corrected chi connectivity index (χ4v) is 3.91. The average molecular weight is 484 g/mol. The summed E-state index contributed by atoms with van der Waals surface area (Å²) in [4.78, 5) is 26.1. The molecule has 34 heavy (non-hydrogen) atoms. The van der Waals surface area contributed by atoms with Crippen LogP contribution in [0.3, 0.4) is 0 Å². The van der Waals surface area contributed by atoms with Gasteiger partial charge in [0.1, 0.15) is 5.58 Å². The van der Waals surface area contributed by atoms with Gasteiger partial charge in [-0.1, -0.05) is 35.9 Å². The van der Waals surface area contributed by atoms with Crippen molar-refractivity contribution in [1.29, 1.82) is 0 Å². The predicted octanol–water partition coefficient (Wildman–Crippen LogP) is 4.27. The smallest absolute Gasteiger partial charge is 0.286 e. The summed E-state index contributed by atoms with van der Waals surface area (Å²) < 4.78 is 17.3. The van der Waals surface area contributed by atoms with E-state index >= 15 is 0 Å². The molecule has 0 radical (unpaired) electrons. The van der Waals surface area contributed by atoms with Gasteiger partial charge >= 0.3 is 0 Å². The molecule has 0 unspecified atom stereocenters. The minimum atomic E-state index is -0.712. The Hall–Kier alpha value is -3.13. The van der Waals surface area contributed by atoms with Crippen LogP contribution in [-0.2, 0) is 20.8 Å². The number of aliphatic hydroxyl groups excluding tert-OH is 1. The van der Waals surface area contributed by atoms with Crippen LogP contribution in [-0.4, -0.2) is 30.5 Å². The molecule has 0 aliphatic carbocycles. The Bertz CT molecular complexity index is 1220. The summed E-state index contributed by atoms with van der Waals surface area (Å²) in [6.45, 7) is 0.735. The first-order valence-electron chi connectivity index (χ1n) is 11.2.